The van der Waals surface area contributed by atoms with Gasteiger partial charge in [0.15, 0.2) is 0 Å². The quantitative estimate of drug-likeness (QED) is 0.595. The van der Waals surface area contributed by atoms with E-state index in [0.29, 0.717) is 20.8 Å². The van der Waals surface area contributed by atoms with Crippen molar-refractivity contribution in [3.8, 4) is 0 Å². The molecule has 0 saturated heterocycles. The molecule has 0 aliphatic rings. The first-order valence-electron chi connectivity index (χ1n) is 5.18. The van der Waals surface area contributed by atoms with Crippen LogP contribution in [-0.2, 0) is 5.75 Å². The van der Waals surface area contributed by atoms with Crippen LogP contribution >= 0.6 is 46.6 Å². The molecule has 0 amide bonds. The van der Waals surface area contributed by atoms with Crippen LogP contribution in [0.15, 0.2) is 41.3 Å². The molecule has 0 aliphatic carbocycles. The summed E-state index contributed by atoms with van der Waals surface area (Å²) in [5.41, 5.74) is 7.68. The van der Waals surface area contributed by atoms with Gasteiger partial charge in [-0.3, -0.25) is 0 Å². The summed E-state index contributed by atoms with van der Waals surface area (Å²) in [6.07, 6.45) is 0. The van der Waals surface area contributed by atoms with Crippen molar-refractivity contribution in [2.24, 2.45) is 0 Å². The molecule has 2 aromatic rings. The zero-order chi connectivity index (χ0) is 13.1. The average molecular weight is 319 g/mol. The maximum atomic E-state index is 5.96. The molecule has 2 N–H and O–H groups in total. The zero-order valence-corrected chi connectivity index (χ0v) is 12.4. The largest absolute Gasteiger partial charge is 0.398 e. The Balaban J connectivity index is 2.09. The van der Waals surface area contributed by atoms with E-state index in [1.807, 2.05) is 24.3 Å². The van der Waals surface area contributed by atoms with Crippen molar-refractivity contribution < 1.29 is 0 Å². The average Bonchev–Trinajstić information content (AvgIpc) is 2.32. The van der Waals surface area contributed by atoms with Crippen LogP contribution in [0.4, 0.5) is 5.69 Å². The smallest absolute Gasteiger partial charge is 0.0595 e. The molecule has 1 nitrogen and oxygen atoms in total. The van der Waals surface area contributed by atoms with Crippen LogP contribution in [0.3, 0.4) is 0 Å². The van der Waals surface area contributed by atoms with Gasteiger partial charge >= 0.3 is 0 Å². The lowest BCUT2D eigenvalue weighted by Gasteiger charge is -2.06. The molecule has 2 aromatic carbocycles. The van der Waals surface area contributed by atoms with Crippen LogP contribution < -0.4 is 5.73 Å². The van der Waals surface area contributed by atoms with Gasteiger partial charge in [-0.25, -0.2) is 0 Å². The van der Waals surface area contributed by atoms with Crippen LogP contribution in [0.2, 0.25) is 15.1 Å². The fraction of sp³-hybridized carbons (Fsp3) is 0.0769. The van der Waals surface area contributed by atoms with Crippen LogP contribution in [0.5, 0.6) is 0 Å². The summed E-state index contributed by atoms with van der Waals surface area (Å²) in [6.45, 7) is 0. The third-order valence-electron chi connectivity index (χ3n) is 2.35. The highest BCUT2D eigenvalue weighted by atomic mass is 35.5. The predicted octanol–water partition coefficient (Wildman–Crippen LogP) is 5.52. The van der Waals surface area contributed by atoms with Gasteiger partial charge in [-0.1, -0.05) is 40.9 Å². The topological polar surface area (TPSA) is 26.0 Å². The first-order chi connectivity index (χ1) is 8.56. The highest BCUT2D eigenvalue weighted by Crippen LogP contribution is 2.31. The van der Waals surface area contributed by atoms with E-state index >= 15 is 0 Å². The molecule has 0 fully saturated rings. The number of nitrogen functional groups attached to an aromatic ring is 1. The second-order valence-corrected chi connectivity index (χ2v) is 5.99. The number of rotatable bonds is 3. The van der Waals surface area contributed by atoms with Crippen LogP contribution in [-0.4, -0.2) is 0 Å². The second-order valence-electron chi connectivity index (χ2n) is 3.72. The Bertz CT molecular complexity index is 572. The maximum absolute atomic E-state index is 5.96. The van der Waals surface area contributed by atoms with E-state index in [0.717, 1.165) is 16.2 Å². The number of hydrogen-bond donors (Lipinski definition) is 1. The van der Waals surface area contributed by atoms with E-state index in [1.54, 1.807) is 23.9 Å². The van der Waals surface area contributed by atoms with Gasteiger partial charge in [0.05, 0.1) is 10.0 Å². The number of thioether (sulfide) groups is 1. The lowest BCUT2D eigenvalue weighted by Crippen LogP contribution is -1.89. The van der Waals surface area contributed by atoms with Crippen LogP contribution in [0.25, 0.3) is 0 Å². The van der Waals surface area contributed by atoms with E-state index in [4.69, 9.17) is 40.5 Å². The Morgan fingerprint density at radius 2 is 1.72 bits per heavy atom. The summed E-state index contributed by atoms with van der Waals surface area (Å²) in [5.74, 6) is 0.780. The van der Waals surface area contributed by atoms with Gasteiger partial charge in [0.2, 0.25) is 0 Å². The molecule has 94 valence electrons. The number of halogens is 3. The maximum Gasteiger partial charge on any atom is 0.0595 e. The molecule has 5 heteroatoms. The fourth-order valence-electron chi connectivity index (χ4n) is 1.44. The molecule has 2 rings (SSSR count). The Kier molecular flexibility index (Phi) is 4.68. The second kappa shape index (κ2) is 6.07. The molecular formula is C13H10Cl3NS. The first-order valence-corrected chi connectivity index (χ1v) is 7.30. The highest BCUT2D eigenvalue weighted by Gasteiger charge is 2.03. The number of nitrogens with two attached hydrogens (primary N) is 1. The summed E-state index contributed by atoms with van der Waals surface area (Å²) in [5, 5.41) is 1.78. The molecule has 0 unspecified atom stereocenters. The van der Waals surface area contributed by atoms with Crippen molar-refractivity contribution in [1.29, 1.82) is 0 Å². The van der Waals surface area contributed by atoms with Crippen molar-refractivity contribution in [2.75, 3.05) is 5.73 Å². The van der Waals surface area contributed by atoms with Crippen molar-refractivity contribution >= 4 is 52.3 Å². The van der Waals surface area contributed by atoms with Gasteiger partial charge in [0.1, 0.15) is 0 Å². The van der Waals surface area contributed by atoms with E-state index in [9.17, 15) is 0 Å². The van der Waals surface area contributed by atoms with Gasteiger partial charge in [-0.15, -0.1) is 11.8 Å². The highest BCUT2D eigenvalue weighted by molar-refractivity contribution is 7.98. The van der Waals surface area contributed by atoms with E-state index in [-0.39, 0.29) is 0 Å². The number of hydrogen-bond acceptors (Lipinski definition) is 2. The molecule has 0 aromatic heterocycles. The van der Waals surface area contributed by atoms with Crippen molar-refractivity contribution in [3.05, 3.63) is 57.0 Å². The Labute approximate surface area is 125 Å². The van der Waals surface area contributed by atoms with Crippen LogP contribution in [0, 0.1) is 0 Å². The number of anilines is 1. The molecule has 0 radical (unpaired) electrons. The summed E-state index contributed by atoms with van der Waals surface area (Å²) in [6, 6.07) is 11.1. The molecular weight excluding hydrogens is 309 g/mol. The molecule has 0 saturated carbocycles. The Morgan fingerprint density at radius 3 is 2.39 bits per heavy atom. The molecule has 0 heterocycles. The summed E-state index contributed by atoms with van der Waals surface area (Å²) in [4.78, 5) is 1.01. The molecule has 0 aliphatic heterocycles. The Hall–Kier alpha value is -0.540. The van der Waals surface area contributed by atoms with Crippen molar-refractivity contribution in [1.82, 2.24) is 0 Å². The van der Waals surface area contributed by atoms with E-state index in [2.05, 4.69) is 0 Å². The standard InChI is InChI=1S/C13H10Cl3NS/c14-9-2-4-13(12(17)6-9)18-7-8-1-3-10(15)11(16)5-8/h1-6H,7,17H2. The number of benzene rings is 2. The van der Waals surface area contributed by atoms with Crippen molar-refractivity contribution in [3.63, 3.8) is 0 Å². The lowest BCUT2D eigenvalue weighted by atomic mass is 10.2. The van der Waals surface area contributed by atoms with Gasteiger partial charge in [-0.2, -0.15) is 0 Å². The minimum atomic E-state index is 0.566. The normalized spacial score (nSPS) is 10.6. The third kappa shape index (κ3) is 3.48. The van der Waals surface area contributed by atoms with Gasteiger partial charge in [-0.05, 0) is 35.9 Å². The van der Waals surface area contributed by atoms with E-state index < -0.39 is 0 Å². The first kappa shape index (κ1) is 13.9. The van der Waals surface area contributed by atoms with Gasteiger partial charge in [0, 0.05) is 21.4 Å². The van der Waals surface area contributed by atoms with E-state index in [1.165, 1.54) is 0 Å². The molecule has 0 atom stereocenters. The SMILES string of the molecule is Nc1cc(Cl)ccc1SCc1ccc(Cl)c(Cl)c1. The van der Waals surface area contributed by atoms with Gasteiger partial charge in [0.25, 0.3) is 0 Å². The molecule has 0 bridgehead atoms. The summed E-state index contributed by atoms with van der Waals surface area (Å²) in [7, 11) is 0. The predicted molar refractivity (Wildman–Crippen MR) is 81.9 cm³/mol. The summed E-state index contributed by atoms with van der Waals surface area (Å²) >= 11 is 19.3. The molecule has 0 spiro atoms. The monoisotopic (exact) mass is 317 g/mol. The summed E-state index contributed by atoms with van der Waals surface area (Å²) < 4.78 is 0. The lowest BCUT2D eigenvalue weighted by molar-refractivity contribution is 1.38. The van der Waals surface area contributed by atoms with Crippen molar-refractivity contribution in [2.45, 2.75) is 10.6 Å². The fourth-order valence-corrected chi connectivity index (χ4v) is 2.83. The Morgan fingerprint density at radius 1 is 0.944 bits per heavy atom. The zero-order valence-electron chi connectivity index (χ0n) is 9.29. The molecule has 18 heavy (non-hydrogen) atoms. The third-order valence-corrected chi connectivity index (χ3v) is 4.48. The minimum Gasteiger partial charge on any atom is -0.398 e. The minimum absolute atomic E-state index is 0.566. The van der Waals surface area contributed by atoms with Gasteiger partial charge < -0.3 is 5.73 Å². The van der Waals surface area contributed by atoms with Crippen LogP contribution in [0.1, 0.15) is 5.56 Å².